The van der Waals surface area contributed by atoms with Crippen molar-refractivity contribution in [3.8, 4) is 0 Å². The van der Waals surface area contributed by atoms with Crippen LogP contribution in [0.3, 0.4) is 0 Å². The summed E-state index contributed by atoms with van der Waals surface area (Å²) in [6.07, 6.45) is 2.03. The number of benzene rings is 1. The number of pyridine rings is 1. The lowest BCUT2D eigenvalue weighted by atomic mass is 10.1. The van der Waals surface area contributed by atoms with Crippen LogP contribution >= 0.6 is 0 Å². The summed E-state index contributed by atoms with van der Waals surface area (Å²) < 4.78 is 26.7. The molecular weight excluding hydrogens is 274 g/mol. The SMILES string of the molecule is Cc1ccccc1CCNS(=O)(=O)c1ncccc1N. The van der Waals surface area contributed by atoms with Crippen LogP contribution in [0.4, 0.5) is 5.69 Å². The molecule has 0 radical (unpaired) electrons. The Hall–Kier alpha value is -1.92. The third-order valence-electron chi connectivity index (χ3n) is 3.00. The Morgan fingerprint density at radius 3 is 2.65 bits per heavy atom. The second kappa shape index (κ2) is 6.02. The normalized spacial score (nSPS) is 11.4. The molecule has 0 spiro atoms. The topological polar surface area (TPSA) is 85.1 Å². The fourth-order valence-corrected chi connectivity index (χ4v) is 2.99. The van der Waals surface area contributed by atoms with E-state index < -0.39 is 10.0 Å². The monoisotopic (exact) mass is 291 g/mol. The summed E-state index contributed by atoms with van der Waals surface area (Å²) in [7, 11) is -3.66. The average molecular weight is 291 g/mol. The van der Waals surface area contributed by atoms with Gasteiger partial charge in [0, 0.05) is 12.7 Å². The molecule has 2 rings (SSSR count). The Morgan fingerprint density at radius 1 is 1.20 bits per heavy atom. The molecule has 0 aliphatic carbocycles. The smallest absolute Gasteiger partial charge is 0.260 e. The van der Waals surface area contributed by atoms with Crippen molar-refractivity contribution in [2.75, 3.05) is 12.3 Å². The fraction of sp³-hybridized carbons (Fsp3) is 0.214. The first-order valence-corrected chi connectivity index (χ1v) is 7.74. The molecule has 6 heteroatoms. The van der Waals surface area contributed by atoms with Gasteiger partial charge in [-0.15, -0.1) is 0 Å². The molecule has 0 bridgehead atoms. The van der Waals surface area contributed by atoms with Crippen molar-refractivity contribution >= 4 is 15.7 Å². The molecule has 1 aromatic heterocycles. The lowest BCUT2D eigenvalue weighted by Gasteiger charge is -2.09. The summed E-state index contributed by atoms with van der Waals surface area (Å²) in [4.78, 5) is 3.82. The zero-order chi connectivity index (χ0) is 14.6. The summed E-state index contributed by atoms with van der Waals surface area (Å²) in [5, 5.41) is -0.121. The molecule has 3 N–H and O–H groups in total. The van der Waals surface area contributed by atoms with Gasteiger partial charge in [-0.25, -0.2) is 18.1 Å². The molecule has 0 saturated carbocycles. The van der Waals surface area contributed by atoms with Crippen LogP contribution < -0.4 is 10.5 Å². The molecule has 0 unspecified atom stereocenters. The van der Waals surface area contributed by atoms with E-state index in [1.165, 1.54) is 12.3 Å². The van der Waals surface area contributed by atoms with Gasteiger partial charge in [-0.3, -0.25) is 0 Å². The van der Waals surface area contributed by atoms with Gasteiger partial charge >= 0.3 is 0 Å². The van der Waals surface area contributed by atoms with E-state index in [-0.39, 0.29) is 10.7 Å². The van der Waals surface area contributed by atoms with Gasteiger partial charge < -0.3 is 5.73 Å². The number of anilines is 1. The van der Waals surface area contributed by atoms with Crippen molar-refractivity contribution in [2.45, 2.75) is 18.4 Å². The van der Waals surface area contributed by atoms with Crippen molar-refractivity contribution < 1.29 is 8.42 Å². The molecule has 0 aliphatic heterocycles. The number of nitrogens with zero attached hydrogens (tertiary/aromatic N) is 1. The van der Waals surface area contributed by atoms with Gasteiger partial charge in [0.2, 0.25) is 0 Å². The number of aromatic nitrogens is 1. The van der Waals surface area contributed by atoms with E-state index in [2.05, 4.69) is 9.71 Å². The van der Waals surface area contributed by atoms with Crippen LogP contribution in [0.25, 0.3) is 0 Å². The molecule has 1 aromatic carbocycles. The summed E-state index contributed by atoms with van der Waals surface area (Å²) in [6.45, 7) is 2.31. The van der Waals surface area contributed by atoms with Gasteiger partial charge in [-0.1, -0.05) is 24.3 Å². The molecule has 0 fully saturated rings. The van der Waals surface area contributed by atoms with E-state index in [9.17, 15) is 8.42 Å². The Kier molecular flexibility index (Phi) is 4.36. The van der Waals surface area contributed by atoms with Crippen LogP contribution in [-0.4, -0.2) is 19.9 Å². The van der Waals surface area contributed by atoms with Gasteiger partial charge in [0.15, 0.2) is 5.03 Å². The number of hydrogen-bond acceptors (Lipinski definition) is 4. The molecular formula is C14H17N3O2S. The standard InChI is InChI=1S/C14H17N3O2S/c1-11-5-2-3-6-12(11)8-10-17-20(18,19)14-13(15)7-4-9-16-14/h2-7,9,17H,8,10,15H2,1H3. The zero-order valence-corrected chi connectivity index (χ0v) is 12.0. The van der Waals surface area contributed by atoms with E-state index in [4.69, 9.17) is 5.73 Å². The van der Waals surface area contributed by atoms with Gasteiger partial charge in [0.1, 0.15) is 0 Å². The summed E-state index contributed by atoms with van der Waals surface area (Å²) in [5.41, 5.74) is 8.04. The number of hydrogen-bond donors (Lipinski definition) is 2. The molecule has 0 aliphatic rings. The molecule has 5 nitrogen and oxygen atoms in total. The maximum atomic E-state index is 12.1. The maximum Gasteiger partial charge on any atom is 0.260 e. The molecule has 1 heterocycles. The summed E-state index contributed by atoms with van der Waals surface area (Å²) in [5.74, 6) is 0. The second-order valence-corrected chi connectivity index (χ2v) is 6.15. The van der Waals surface area contributed by atoms with Crippen LogP contribution in [0.1, 0.15) is 11.1 Å². The Balaban J connectivity index is 2.04. The minimum Gasteiger partial charge on any atom is -0.396 e. The third-order valence-corrected chi connectivity index (χ3v) is 4.44. The van der Waals surface area contributed by atoms with Gasteiger partial charge in [0.25, 0.3) is 10.0 Å². The first-order valence-electron chi connectivity index (χ1n) is 6.25. The number of nitrogen functional groups attached to an aromatic ring is 1. The predicted octanol–water partition coefficient (Wildman–Crippen LogP) is 1.49. The average Bonchev–Trinajstić information content (AvgIpc) is 2.41. The lowest BCUT2D eigenvalue weighted by molar-refractivity contribution is 0.578. The highest BCUT2D eigenvalue weighted by molar-refractivity contribution is 7.89. The highest BCUT2D eigenvalue weighted by Crippen LogP contribution is 2.13. The first kappa shape index (κ1) is 14.5. The van der Waals surface area contributed by atoms with E-state index in [0.717, 1.165) is 11.1 Å². The van der Waals surface area contributed by atoms with Crippen molar-refractivity contribution in [3.05, 3.63) is 53.7 Å². The quantitative estimate of drug-likeness (QED) is 0.874. The zero-order valence-electron chi connectivity index (χ0n) is 11.2. The van der Waals surface area contributed by atoms with Gasteiger partial charge in [-0.05, 0) is 36.6 Å². The Labute approximate surface area is 118 Å². The second-order valence-electron chi connectivity index (χ2n) is 4.47. The fourth-order valence-electron chi connectivity index (χ4n) is 1.91. The number of rotatable bonds is 5. The summed E-state index contributed by atoms with van der Waals surface area (Å²) >= 11 is 0. The van der Waals surface area contributed by atoms with Crippen LogP contribution in [0, 0.1) is 6.92 Å². The maximum absolute atomic E-state index is 12.1. The van der Waals surface area contributed by atoms with Gasteiger partial charge in [-0.2, -0.15) is 0 Å². The molecule has 20 heavy (non-hydrogen) atoms. The first-order chi connectivity index (χ1) is 9.50. The van der Waals surface area contributed by atoms with E-state index in [1.807, 2.05) is 31.2 Å². The minimum atomic E-state index is -3.66. The molecule has 0 saturated heterocycles. The largest absolute Gasteiger partial charge is 0.396 e. The minimum absolute atomic E-state index is 0.121. The van der Waals surface area contributed by atoms with Crippen LogP contribution in [0.15, 0.2) is 47.6 Å². The van der Waals surface area contributed by atoms with E-state index >= 15 is 0 Å². The lowest BCUT2D eigenvalue weighted by Crippen LogP contribution is -2.27. The van der Waals surface area contributed by atoms with E-state index in [1.54, 1.807) is 6.07 Å². The molecule has 0 atom stereocenters. The van der Waals surface area contributed by atoms with Crippen molar-refractivity contribution in [1.82, 2.24) is 9.71 Å². The molecule has 106 valence electrons. The van der Waals surface area contributed by atoms with Crippen molar-refractivity contribution in [1.29, 1.82) is 0 Å². The van der Waals surface area contributed by atoms with Crippen LogP contribution in [0.5, 0.6) is 0 Å². The number of nitrogens with one attached hydrogen (secondary N) is 1. The van der Waals surface area contributed by atoms with Crippen molar-refractivity contribution in [3.63, 3.8) is 0 Å². The Morgan fingerprint density at radius 2 is 1.95 bits per heavy atom. The summed E-state index contributed by atoms with van der Waals surface area (Å²) in [6, 6.07) is 11.0. The highest BCUT2D eigenvalue weighted by Gasteiger charge is 2.17. The molecule has 0 amide bonds. The highest BCUT2D eigenvalue weighted by atomic mass is 32.2. The molecule has 2 aromatic rings. The predicted molar refractivity (Wildman–Crippen MR) is 78.7 cm³/mol. The van der Waals surface area contributed by atoms with Crippen molar-refractivity contribution in [2.24, 2.45) is 0 Å². The number of sulfonamides is 1. The third kappa shape index (κ3) is 3.34. The Bertz CT molecular complexity index is 699. The van der Waals surface area contributed by atoms with Crippen LogP contribution in [0.2, 0.25) is 0 Å². The van der Waals surface area contributed by atoms with Crippen LogP contribution in [-0.2, 0) is 16.4 Å². The number of nitrogens with two attached hydrogens (primary N) is 1. The van der Waals surface area contributed by atoms with Gasteiger partial charge in [0.05, 0.1) is 5.69 Å². The number of aryl methyl sites for hydroxylation is 1. The van der Waals surface area contributed by atoms with E-state index in [0.29, 0.717) is 13.0 Å².